The van der Waals surface area contributed by atoms with Gasteiger partial charge in [0.25, 0.3) is 0 Å². The zero-order valence-electron chi connectivity index (χ0n) is 10.6. The smallest absolute Gasteiger partial charge is 0.319 e. The number of hydrogen-bond donors (Lipinski definition) is 1. The summed E-state index contributed by atoms with van der Waals surface area (Å²) in [6.45, 7) is 5.77. The van der Waals surface area contributed by atoms with Crippen LogP contribution in [0.5, 0.6) is 0 Å². The molecule has 4 heteroatoms. The number of nitrogens with zero attached hydrogens (tertiary/aromatic N) is 1. The van der Waals surface area contributed by atoms with Gasteiger partial charge in [-0.25, -0.2) is 4.99 Å². The van der Waals surface area contributed by atoms with Gasteiger partial charge in [-0.15, -0.1) is 0 Å². The molecule has 0 unspecified atom stereocenters. The summed E-state index contributed by atoms with van der Waals surface area (Å²) in [5.41, 5.74) is -1.27. The van der Waals surface area contributed by atoms with Gasteiger partial charge in [-0.3, -0.25) is 4.79 Å². The molecule has 0 radical (unpaired) electrons. The Labute approximate surface area is 101 Å². The van der Waals surface area contributed by atoms with Crippen LogP contribution in [0.2, 0.25) is 0 Å². The first-order valence-electron chi connectivity index (χ1n) is 6.07. The van der Waals surface area contributed by atoms with Gasteiger partial charge in [0, 0.05) is 0 Å². The van der Waals surface area contributed by atoms with Crippen molar-refractivity contribution in [2.24, 2.45) is 10.4 Å². The van der Waals surface area contributed by atoms with Gasteiger partial charge in [0.1, 0.15) is 11.2 Å². The van der Waals surface area contributed by atoms with Gasteiger partial charge in [-0.1, -0.05) is 12.8 Å². The largest absolute Gasteiger partial charge is 0.480 e. The molecule has 4 nitrogen and oxygen atoms in total. The second-order valence-corrected chi connectivity index (χ2v) is 5.52. The van der Waals surface area contributed by atoms with E-state index >= 15 is 0 Å². The standard InChI is InChI=1S/C13H19NO3/c1-9-8-12(2,3)14-10(17-9)13(11(15)16)6-4-5-7-13/h8H,4-7H2,1-3H3,(H,15,16). The fourth-order valence-corrected chi connectivity index (χ4v) is 2.70. The summed E-state index contributed by atoms with van der Waals surface area (Å²) in [6.07, 6.45) is 5.03. The molecule has 0 amide bonds. The molecule has 0 spiro atoms. The van der Waals surface area contributed by atoms with Crippen LogP contribution < -0.4 is 0 Å². The average Bonchev–Trinajstić information content (AvgIpc) is 2.63. The molecule has 1 saturated carbocycles. The van der Waals surface area contributed by atoms with Crippen LogP contribution in [0.4, 0.5) is 0 Å². The van der Waals surface area contributed by atoms with Crippen molar-refractivity contribution < 1.29 is 14.6 Å². The van der Waals surface area contributed by atoms with Crippen molar-refractivity contribution >= 4 is 11.9 Å². The molecule has 1 N–H and O–H groups in total. The van der Waals surface area contributed by atoms with E-state index in [-0.39, 0.29) is 5.54 Å². The minimum atomic E-state index is -0.896. The normalized spacial score (nSPS) is 25.8. The van der Waals surface area contributed by atoms with Gasteiger partial charge in [-0.2, -0.15) is 0 Å². The van der Waals surface area contributed by atoms with E-state index in [9.17, 15) is 9.90 Å². The van der Waals surface area contributed by atoms with Gasteiger partial charge in [0.15, 0.2) is 0 Å². The zero-order chi connectivity index (χ0) is 12.7. The van der Waals surface area contributed by atoms with Crippen LogP contribution in [0.1, 0.15) is 46.5 Å². The van der Waals surface area contributed by atoms with Crippen LogP contribution in [0.15, 0.2) is 16.8 Å². The number of carbonyl (C=O) groups is 1. The second kappa shape index (κ2) is 3.86. The van der Waals surface area contributed by atoms with E-state index in [1.54, 1.807) is 0 Å². The van der Waals surface area contributed by atoms with Crippen LogP contribution in [0, 0.1) is 5.41 Å². The Morgan fingerprint density at radius 2 is 2.00 bits per heavy atom. The predicted octanol–water partition coefficient (Wildman–Crippen LogP) is 2.74. The maximum Gasteiger partial charge on any atom is 0.319 e. The Kier molecular flexibility index (Phi) is 2.76. The van der Waals surface area contributed by atoms with E-state index in [1.807, 2.05) is 26.8 Å². The van der Waals surface area contributed by atoms with Crippen molar-refractivity contribution in [2.45, 2.75) is 52.0 Å². The highest BCUT2D eigenvalue weighted by molar-refractivity contribution is 6.03. The SMILES string of the molecule is CC1=CC(C)(C)N=C(C2(C(=O)O)CCCC2)O1. The molecular formula is C13H19NO3. The van der Waals surface area contributed by atoms with Crippen molar-refractivity contribution in [3.05, 3.63) is 11.8 Å². The first kappa shape index (κ1) is 12.1. The molecule has 0 bridgehead atoms. The average molecular weight is 237 g/mol. The third-order valence-electron chi connectivity index (χ3n) is 3.48. The van der Waals surface area contributed by atoms with E-state index in [0.717, 1.165) is 18.6 Å². The lowest BCUT2D eigenvalue weighted by Crippen LogP contribution is -2.41. The van der Waals surface area contributed by atoms with Crippen LogP contribution in [0.3, 0.4) is 0 Å². The van der Waals surface area contributed by atoms with Crippen LogP contribution in [0.25, 0.3) is 0 Å². The van der Waals surface area contributed by atoms with Gasteiger partial charge in [0.05, 0.1) is 5.54 Å². The monoisotopic (exact) mass is 237 g/mol. The molecule has 0 aromatic carbocycles. The maximum atomic E-state index is 11.6. The molecule has 1 fully saturated rings. The molecule has 17 heavy (non-hydrogen) atoms. The summed E-state index contributed by atoms with van der Waals surface area (Å²) in [5, 5.41) is 9.49. The molecule has 1 aliphatic heterocycles. The lowest BCUT2D eigenvalue weighted by molar-refractivity contribution is -0.145. The number of carboxylic acid groups (broad SMARTS) is 1. The van der Waals surface area contributed by atoms with Crippen LogP contribution in [-0.2, 0) is 9.53 Å². The molecule has 0 aromatic heterocycles. The molecule has 0 atom stereocenters. The van der Waals surface area contributed by atoms with Crippen molar-refractivity contribution in [3.63, 3.8) is 0 Å². The van der Waals surface area contributed by atoms with Crippen molar-refractivity contribution in [2.75, 3.05) is 0 Å². The van der Waals surface area contributed by atoms with E-state index in [0.29, 0.717) is 18.7 Å². The van der Waals surface area contributed by atoms with Gasteiger partial charge < -0.3 is 9.84 Å². The zero-order valence-corrected chi connectivity index (χ0v) is 10.6. The first-order chi connectivity index (χ1) is 7.86. The summed E-state index contributed by atoms with van der Waals surface area (Å²) in [6, 6.07) is 0. The molecule has 1 aliphatic carbocycles. The number of aliphatic carboxylic acids is 1. The highest BCUT2D eigenvalue weighted by Crippen LogP contribution is 2.42. The Morgan fingerprint density at radius 3 is 2.47 bits per heavy atom. The third kappa shape index (κ3) is 2.08. The van der Waals surface area contributed by atoms with Crippen LogP contribution in [-0.4, -0.2) is 22.5 Å². The second-order valence-electron chi connectivity index (χ2n) is 5.52. The highest BCUT2D eigenvalue weighted by Gasteiger charge is 2.49. The number of hydrogen-bond acceptors (Lipinski definition) is 3. The summed E-state index contributed by atoms with van der Waals surface area (Å²) in [7, 11) is 0. The number of ether oxygens (including phenoxy) is 1. The summed E-state index contributed by atoms with van der Waals surface area (Å²) in [4.78, 5) is 16.0. The number of allylic oxidation sites excluding steroid dienone is 1. The maximum absolute atomic E-state index is 11.6. The molecular weight excluding hydrogens is 218 g/mol. The molecule has 1 heterocycles. The Hall–Kier alpha value is -1.32. The van der Waals surface area contributed by atoms with E-state index in [1.165, 1.54) is 0 Å². The predicted molar refractivity (Wildman–Crippen MR) is 64.9 cm³/mol. The van der Waals surface area contributed by atoms with E-state index in [4.69, 9.17) is 4.74 Å². The quantitative estimate of drug-likeness (QED) is 0.803. The summed E-state index contributed by atoms with van der Waals surface area (Å²) >= 11 is 0. The Bertz CT molecular complexity index is 401. The highest BCUT2D eigenvalue weighted by atomic mass is 16.5. The molecule has 94 valence electrons. The number of rotatable bonds is 2. The van der Waals surface area contributed by atoms with Crippen molar-refractivity contribution in [1.29, 1.82) is 0 Å². The fraction of sp³-hybridized carbons (Fsp3) is 0.692. The molecule has 0 aromatic rings. The molecule has 0 saturated heterocycles. The molecule has 2 rings (SSSR count). The van der Waals surface area contributed by atoms with Gasteiger partial charge in [-0.05, 0) is 39.7 Å². The topological polar surface area (TPSA) is 58.9 Å². The van der Waals surface area contributed by atoms with Gasteiger partial charge >= 0.3 is 5.97 Å². The minimum Gasteiger partial charge on any atom is -0.480 e. The van der Waals surface area contributed by atoms with Crippen molar-refractivity contribution in [1.82, 2.24) is 0 Å². The summed E-state index contributed by atoms with van der Waals surface area (Å²) < 4.78 is 5.60. The van der Waals surface area contributed by atoms with E-state index < -0.39 is 11.4 Å². The Morgan fingerprint density at radius 1 is 1.41 bits per heavy atom. The minimum absolute atomic E-state index is 0.372. The Balaban J connectivity index is 2.39. The van der Waals surface area contributed by atoms with Gasteiger partial charge in [0.2, 0.25) is 5.90 Å². The number of aliphatic imine (C=N–C) groups is 1. The third-order valence-corrected chi connectivity index (χ3v) is 3.48. The van der Waals surface area contributed by atoms with Crippen LogP contribution >= 0.6 is 0 Å². The summed E-state index contributed by atoms with van der Waals surface area (Å²) in [5.74, 6) is 0.333. The first-order valence-corrected chi connectivity index (χ1v) is 6.07. The van der Waals surface area contributed by atoms with Crippen molar-refractivity contribution in [3.8, 4) is 0 Å². The number of carboxylic acids is 1. The lowest BCUT2D eigenvalue weighted by atomic mass is 9.85. The molecule has 2 aliphatic rings. The lowest BCUT2D eigenvalue weighted by Gasteiger charge is -2.32. The van der Waals surface area contributed by atoms with E-state index in [2.05, 4.69) is 4.99 Å². The fourth-order valence-electron chi connectivity index (χ4n) is 2.70.